The van der Waals surface area contributed by atoms with E-state index in [-0.39, 0.29) is 6.61 Å². The molecule has 1 aliphatic rings. The normalized spacial score (nSPS) is 16.8. The lowest BCUT2D eigenvalue weighted by molar-refractivity contribution is 0.276. The van der Waals surface area contributed by atoms with Crippen molar-refractivity contribution < 1.29 is 9.52 Å². The molecule has 2 N–H and O–H groups in total. The number of nitrogens with one attached hydrogen (secondary N) is 1. The second kappa shape index (κ2) is 3.25. The summed E-state index contributed by atoms with van der Waals surface area (Å²) in [6, 6.07) is 0.662. The molecule has 0 aromatic carbocycles. The fraction of sp³-hybridized carbons (Fsp3) is 0.625. The number of rotatable bonds is 4. The lowest BCUT2D eigenvalue weighted by Gasteiger charge is -1.95. The summed E-state index contributed by atoms with van der Waals surface area (Å²) in [6.45, 7) is 0.623. The van der Waals surface area contributed by atoms with E-state index in [0.29, 0.717) is 24.2 Å². The van der Waals surface area contributed by atoms with Gasteiger partial charge < -0.3 is 14.8 Å². The number of aliphatic hydroxyl groups excluding tert-OH is 1. The highest BCUT2D eigenvalue weighted by Crippen LogP contribution is 2.19. The van der Waals surface area contributed by atoms with Crippen molar-refractivity contribution in [3.05, 3.63) is 17.8 Å². The maximum Gasteiger partial charge on any atom is 0.208 e. The van der Waals surface area contributed by atoms with Crippen LogP contribution in [0.15, 0.2) is 10.7 Å². The van der Waals surface area contributed by atoms with Gasteiger partial charge in [0, 0.05) is 6.04 Å². The Morgan fingerprint density at radius 1 is 1.67 bits per heavy atom. The van der Waals surface area contributed by atoms with E-state index in [0.717, 1.165) is 0 Å². The molecule has 0 saturated heterocycles. The average Bonchev–Trinajstić information content (AvgIpc) is 2.81. The fourth-order valence-electron chi connectivity index (χ4n) is 1.02. The summed E-state index contributed by atoms with van der Waals surface area (Å²) >= 11 is 0. The Morgan fingerprint density at radius 3 is 3.08 bits per heavy atom. The number of hydrogen-bond donors (Lipinski definition) is 2. The molecule has 1 saturated carbocycles. The monoisotopic (exact) mass is 168 g/mol. The van der Waals surface area contributed by atoms with Crippen molar-refractivity contribution in [1.82, 2.24) is 10.3 Å². The topological polar surface area (TPSA) is 58.3 Å². The van der Waals surface area contributed by atoms with Gasteiger partial charge in [-0.2, -0.15) is 0 Å². The Morgan fingerprint density at radius 2 is 2.50 bits per heavy atom. The zero-order valence-electron chi connectivity index (χ0n) is 6.79. The standard InChI is InChI=1S/C8H12N2O2/c11-4-7-5-12-8(10-7)3-9-6-1-2-6/h5-6,9,11H,1-4H2. The Hall–Kier alpha value is -0.870. The molecule has 0 unspecified atom stereocenters. The fourth-order valence-corrected chi connectivity index (χ4v) is 1.02. The molecule has 0 spiro atoms. The summed E-state index contributed by atoms with van der Waals surface area (Å²) < 4.78 is 5.10. The summed E-state index contributed by atoms with van der Waals surface area (Å²) in [6.07, 6.45) is 4.01. The molecule has 1 aromatic rings. The van der Waals surface area contributed by atoms with Gasteiger partial charge in [0.2, 0.25) is 5.89 Å². The van der Waals surface area contributed by atoms with E-state index in [1.165, 1.54) is 19.1 Å². The number of hydrogen-bond acceptors (Lipinski definition) is 4. The Bertz CT molecular complexity index is 255. The van der Waals surface area contributed by atoms with E-state index in [4.69, 9.17) is 9.52 Å². The second-order valence-corrected chi connectivity index (χ2v) is 3.05. The van der Waals surface area contributed by atoms with E-state index in [1.54, 1.807) is 0 Å². The predicted octanol–water partition coefficient (Wildman–Crippen LogP) is 0.419. The predicted molar refractivity (Wildman–Crippen MR) is 42.3 cm³/mol. The van der Waals surface area contributed by atoms with Crippen LogP contribution in [-0.4, -0.2) is 16.1 Å². The summed E-state index contributed by atoms with van der Waals surface area (Å²) in [7, 11) is 0. The van der Waals surface area contributed by atoms with Gasteiger partial charge in [-0.15, -0.1) is 0 Å². The SMILES string of the molecule is OCc1coc(CNC2CC2)n1. The van der Waals surface area contributed by atoms with Crippen LogP contribution in [0, 0.1) is 0 Å². The zero-order valence-corrected chi connectivity index (χ0v) is 6.79. The lowest BCUT2D eigenvalue weighted by atomic mass is 10.5. The molecule has 0 atom stereocenters. The van der Waals surface area contributed by atoms with Crippen molar-refractivity contribution in [3.63, 3.8) is 0 Å². The first kappa shape index (κ1) is 7.76. The molecular weight excluding hydrogens is 156 g/mol. The summed E-state index contributed by atoms with van der Waals surface area (Å²) in [4.78, 5) is 4.05. The van der Waals surface area contributed by atoms with Crippen molar-refractivity contribution in [2.45, 2.75) is 32.0 Å². The van der Waals surface area contributed by atoms with Crippen molar-refractivity contribution in [1.29, 1.82) is 0 Å². The van der Waals surface area contributed by atoms with Crippen LogP contribution < -0.4 is 5.32 Å². The van der Waals surface area contributed by atoms with Crippen molar-refractivity contribution in [2.75, 3.05) is 0 Å². The lowest BCUT2D eigenvalue weighted by Crippen LogP contribution is -2.15. The Labute approximate surface area is 70.6 Å². The highest BCUT2D eigenvalue weighted by molar-refractivity contribution is 4.95. The molecule has 1 heterocycles. The molecule has 1 fully saturated rings. The molecule has 0 amide bonds. The average molecular weight is 168 g/mol. The van der Waals surface area contributed by atoms with E-state index in [9.17, 15) is 0 Å². The minimum absolute atomic E-state index is 0.0487. The quantitative estimate of drug-likeness (QED) is 0.684. The van der Waals surface area contributed by atoms with Crippen LogP contribution in [0.25, 0.3) is 0 Å². The maximum atomic E-state index is 8.70. The third-order valence-electron chi connectivity index (χ3n) is 1.88. The molecule has 66 valence electrons. The third kappa shape index (κ3) is 1.84. The van der Waals surface area contributed by atoms with Crippen LogP contribution in [0.1, 0.15) is 24.4 Å². The highest BCUT2D eigenvalue weighted by Gasteiger charge is 2.20. The van der Waals surface area contributed by atoms with Gasteiger partial charge in [-0.3, -0.25) is 0 Å². The van der Waals surface area contributed by atoms with E-state index in [1.807, 2.05) is 0 Å². The van der Waals surface area contributed by atoms with E-state index >= 15 is 0 Å². The largest absolute Gasteiger partial charge is 0.447 e. The molecule has 4 heteroatoms. The minimum Gasteiger partial charge on any atom is -0.447 e. The maximum absolute atomic E-state index is 8.70. The van der Waals surface area contributed by atoms with Gasteiger partial charge >= 0.3 is 0 Å². The molecular formula is C8H12N2O2. The molecule has 4 nitrogen and oxygen atoms in total. The first-order valence-corrected chi connectivity index (χ1v) is 4.16. The molecule has 0 radical (unpaired) electrons. The zero-order chi connectivity index (χ0) is 8.39. The van der Waals surface area contributed by atoms with Gasteiger partial charge in [0.25, 0.3) is 0 Å². The van der Waals surface area contributed by atoms with Gasteiger partial charge in [0.15, 0.2) is 0 Å². The second-order valence-electron chi connectivity index (χ2n) is 3.05. The molecule has 1 aliphatic carbocycles. The summed E-state index contributed by atoms with van der Waals surface area (Å²) in [5.74, 6) is 0.658. The first-order valence-electron chi connectivity index (χ1n) is 4.16. The van der Waals surface area contributed by atoms with Gasteiger partial charge in [0.1, 0.15) is 12.0 Å². The van der Waals surface area contributed by atoms with Gasteiger partial charge in [-0.05, 0) is 12.8 Å². The van der Waals surface area contributed by atoms with Crippen LogP contribution in [0.3, 0.4) is 0 Å². The van der Waals surface area contributed by atoms with E-state index < -0.39 is 0 Å². The van der Waals surface area contributed by atoms with Crippen molar-refractivity contribution in [3.8, 4) is 0 Å². The van der Waals surface area contributed by atoms with Gasteiger partial charge in [0.05, 0.1) is 13.2 Å². The minimum atomic E-state index is -0.0487. The number of aliphatic hydroxyl groups is 1. The highest BCUT2D eigenvalue weighted by atomic mass is 16.3. The van der Waals surface area contributed by atoms with Crippen molar-refractivity contribution in [2.24, 2.45) is 0 Å². The number of aromatic nitrogens is 1. The Balaban J connectivity index is 1.84. The summed E-state index contributed by atoms with van der Waals surface area (Å²) in [5.41, 5.74) is 0.600. The van der Waals surface area contributed by atoms with Crippen LogP contribution in [0.4, 0.5) is 0 Å². The molecule has 12 heavy (non-hydrogen) atoms. The molecule has 1 aromatic heterocycles. The molecule has 0 bridgehead atoms. The van der Waals surface area contributed by atoms with E-state index in [2.05, 4.69) is 10.3 Å². The smallest absolute Gasteiger partial charge is 0.208 e. The number of oxazole rings is 1. The molecule has 0 aliphatic heterocycles. The molecule has 2 rings (SSSR count). The summed E-state index contributed by atoms with van der Waals surface area (Å²) in [5, 5.41) is 12.0. The Kier molecular flexibility index (Phi) is 2.10. The first-order chi connectivity index (χ1) is 5.88. The van der Waals surface area contributed by atoms with Gasteiger partial charge in [-0.25, -0.2) is 4.98 Å². The van der Waals surface area contributed by atoms with Crippen LogP contribution >= 0.6 is 0 Å². The third-order valence-corrected chi connectivity index (χ3v) is 1.88. The van der Waals surface area contributed by atoms with Crippen molar-refractivity contribution >= 4 is 0 Å². The van der Waals surface area contributed by atoms with Crippen LogP contribution in [0.2, 0.25) is 0 Å². The van der Waals surface area contributed by atoms with Crippen LogP contribution in [-0.2, 0) is 13.2 Å². The number of nitrogens with zero attached hydrogens (tertiary/aromatic N) is 1. The van der Waals surface area contributed by atoms with Crippen LogP contribution in [0.5, 0.6) is 0 Å². The van der Waals surface area contributed by atoms with Gasteiger partial charge in [-0.1, -0.05) is 0 Å².